The van der Waals surface area contributed by atoms with Crippen LogP contribution in [0.2, 0.25) is 0 Å². The summed E-state index contributed by atoms with van der Waals surface area (Å²) in [5.74, 6) is 0. The SMILES string of the molecule is Cc1cc(C(C)I)cs1. The van der Waals surface area contributed by atoms with E-state index in [0.717, 1.165) is 0 Å². The molecule has 1 rings (SSSR count). The van der Waals surface area contributed by atoms with Gasteiger partial charge in [-0.1, -0.05) is 22.6 Å². The normalized spacial score (nSPS) is 13.7. The number of halogens is 1. The molecule has 0 amide bonds. The number of aryl methyl sites for hydroxylation is 1. The summed E-state index contributed by atoms with van der Waals surface area (Å²) in [5.41, 5.74) is 1.46. The Hall–Kier alpha value is 0.430. The molecule has 1 aromatic rings. The number of alkyl halides is 1. The predicted molar refractivity (Wildman–Crippen MR) is 51.5 cm³/mol. The van der Waals surface area contributed by atoms with Gasteiger partial charge in [0.05, 0.1) is 0 Å². The molecule has 0 nitrogen and oxygen atoms in total. The van der Waals surface area contributed by atoms with Crippen molar-refractivity contribution in [3.8, 4) is 0 Å². The fraction of sp³-hybridized carbons (Fsp3) is 0.429. The van der Waals surface area contributed by atoms with Crippen molar-refractivity contribution < 1.29 is 0 Å². The van der Waals surface area contributed by atoms with Gasteiger partial charge < -0.3 is 0 Å². The molecule has 0 N–H and O–H groups in total. The Morgan fingerprint density at radius 3 is 2.56 bits per heavy atom. The van der Waals surface area contributed by atoms with E-state index in [9.17, 15) is 0 Å². The monoisotopic (exact) mass is 252 g/mol. The lowest BCUT2D eigenvalue weighted by Crippen LogP contribution is -1.74. The molecule has 0 radical (unpaired) electrons. The summed E-state index contributed by atoms with van der Waals surface area (Å²) >= 11 is 4.26. The quantitative estimate of drug-likeness (QED) is 0.529. The Morgan fingerprint density at radius 1 is 1.67 bits per heavy atom. The Labute approximate surface area is 73.4 Å². The van der Waals surface area contributed by atoms with Gasteiger partial charge >= 0.3 is 0 Å². The Morgan fingerprint density at radius 2 is 2.33 bits per heavy atom. The minimum absolute atomic E-state index is 0.660. The maximum absolute atomic E-state index is 2.43. The Bertz CT molecular complexity index is 191. The molecule has 0 saturated carbocycles. The Kier molecular flexibility index (Phi) is 2.52. The molecule has 0 aliphatic rings. The van der Waals surface area contributed by atoms with Crippen molar-refractivity contribution in [2.75, 3.05) is 0 Å². The molecular weight excluding hydrogens is 243 g/mol. The van der Waals surface area contributed by atoms with E-state index in [-0.39, 0.29) is 0 Å². The average Bonchev–Trinajstić information content (AvgIpc) is 2.14. The largest absolute Gasteiger partial charge is 0.149 e. The van der Waals surface area contributed by atoms with E-state index in [0.29, 0.717) is 3.92 Å². The molecule has 0 spiro atoms. The van der Waals surface area contributed by atoms with Gasteiger partial charge in [0, 0.05) is 8.80 Å². The molecule has 0 aromatic carbocycles. The highest BCUT2D eigenvalue weighted by Gasteiger charge is 2.00. The molecule has 1 atom stereocenters. The zero-order chi connectivity index (χ0) is 6.85. The molecule has 0 aliphatic heterocycles. The first-order chi connectivity index (χ1) is 4.20. The number of rotatable bonds is 1. The summed E-state index contributed by atoms with van der Waals surface area (Å²) in [6.45, 7) is 4.36. The third kappa shape index (κ3) is 1.93. The van der Waals surface area contributed by atoms with Gasteiger partial charge in [0.25, 0.3) is 0 Å². The molecule has 50 valence electrons. The highest BCUT2D eigenvalue weighted by atomic mass is 127. The number of hydrogen-bond donors (Lipinski definition) is 0. The summed E-state index contributed by atoms with van der Waals surface area (Å²) in [5, 5.41) is 2.23. The second-order valence-electron chi connectivity index (χ2n) is 2.11. The van der Waals surface area contributed by atoms with Crippen LogP contribution in [0.3, 0.4) is 0 Å². The van der Waals surface area contributed by atoms with Crippen LogP contribution in [0.1, 0.15) is 21.3 Å². The molecule has 0 bridgehead atoms. The number of thiophene rings is 1. The van der Waals surface area contributed by atoms with Crippen LogP contribution in [-0.2, 0) is 0 Å². The zero-order valence-corrected chi connectivity index (χ0v) is 8.49. The second-order valence-corrected chi connectivity index (χ2v) is 5.09. The third-order valence-electron chi connectivity index (χ3n) is 1.21. The van der Waals surface area contributed by atoms with Crippen LogP contribution in [0, 0.1) is 6.92 Å². The molecule has 0 aliphatic carbocycles. The van der Waals surface area contributed by atoms with E-state index in [2.05, 4.69) is 47.9 Å². The second kappa shape index (κ2) is 3.01. The van der Waals surface area contributed by atoms with Crippen LogP contribution in [0.4, 0.5) is 0 Å². The maximum Gasteiger partial charge on any atom is 0.0339 e. The van der Waals surface area contributed by atoms with Gasteiger partial charge in [-0.3, -0.25) is 0 Å². The maximum atomic E-state index is 2.43. The van der Waals surface area contributed by atoms with Crippen molar-refractivity contribution in [3.63, 3.8) is 0 Å². The lowest BCUT2D eigenvalue weighted by atomic mass is 10.2. The summed E-state index contributed by atoms with van der Waals surface area (Å²) in [7, 11) is 0. The first kappa shape index (κ1) is 7.54. The molecule has 2 heteroatoms. The molecule has 9 heavy (non-hydrogen) atoms. The van der Waals surface area contributed by atoms with Crippen LogP contribution >= 0.6 is 33.9 Å². The van der Waals surface area contributed by atoms with E-state index in [1.807, 2.05) is 11.3 Å². The van der Waals surface area contributed by atoms with Crippen molar-refractivity contribution in [2.24, 2.45) is 0 Å². The first-order valence-corrected chi connectivity index (χ1v) is 5.02. The van der Waals surface area contributed by atoms with Crippen molar-refractivity contribution in [3.05, 3.63) is 21.9 Å². The standard InChI is InChI=1S/C7H9IS/c1-5-3-7(4-9-5)6(2)8/h3-4,6H,1-2H3. The van der Waals surface area contributed by atoms with Gasteiger partial charge in [0.15, 0.2) is 0 Å². The third-order valence-corrected chi connectivity index (χ3v) is 2.81. The summed E-state index contributed by atoms with van der Waals surface area (Å²) in [6, 6.07) is 2.25. The fourth-order valence-electron chi connectivity index (χ4n) is 0.672. The van der Waals surface area contributed by atoms with Crippen LogP contribution in [-0.4, -0.2) is 0 Å². The summed E-state index contributed by atoms with van der Waals surface area (Å²) < 4.78 is 0.660. The fourth-order valence-corrected chi connectivity index (χ4v) is 2.07. The van der Waals surface area contributed by atoms with E-state index < -0.39 is 0 Å². The summed E-state index contributed by atoms with van der Waals surface area (Å²) in [4.78, 5) is 1.41. The Balaban J connectivity index is 2.85. The van der Waals surface area contributed by atoms with E-state index in [1.54, 1.807) is 0 Å². The predicted octanol–water partition coefficient (Wildman–Crippen LogP) is 3.55. The molecule has 1 heterocycles. The molecule has 1 aromatic heterocycles. The van der Waals surface area contributed by atoms with Crippen LogP contribution in [0.15, 0.2) is 11.4 Å². The molecule has 0 fully saturated rings. The smallest absolute Gasteiger partial charge is 0.0339 e. The van der Waals surface area contributed by atoms with Crippen LogP contribution in [0.5, 0.6) is 0 Å². The van der Waals surface area contributed by atoms with E-state index >= 15 is 0 Å². The average molecular weight is 252 g/mol. The van der Waals surface area contributed by atoms with Gasteiger partial charge in [-0.2, -0.15) is 0 Å². The van der Waals surface area contributed by atoms with Crippen LogP contribution in [0.25, 0.3) is 0 Å². The number of hydrogen-bond acceptors (Lipinski definition) is 1. The van der Waals surface area contributed by atoms with Gasteiger partial charge in [-0.25, -0.2) is 0 Å². The highest BCUT2D eigenvalue weighted by molar-refractivity contribution is 14.1. The minimum Gasteiger partial charge on any atom is -0.149 e. The zero-order valence-electron chi connectivity index (χ0n) is 5.52. The van der Waals surface area contributed by atoms with E-state index in [1.165, 1.54) is 10.4 Å². The highest BCUT2D eigenvalue weighted by Crippen LogP contribution is 2.26. The van der Waals surface area contributed by atoms with Crippen molar-refractivity contribution in [1.29, 1.82) is 0 Å². The lowest BCUT2D eigenvalue weighted by Gasteiger charge is -1.94. The molecule has 1 unspecified atom stereocenters. The first-order valence-electron chi connectivity index (χ1n) is 2.89. The van der Waals surface area contributed by atoms with Crippen LogP contribution < -0.4 is 0 Å². The van der Waals surface area contributed by atoms with Crippen molar-refractivity contribution in [2.45, 2.75) is 17.8 Å². The lowest BCUT2D eigenvalue weighted by molar-refractivity contribution is 1.16. The van der Waals surface area contributed by atoms with Gasteiger partial charge in [-0.05, 0) is 30.9 Å². The van der Waals surface area contributed by atoms with Gasteiger partial charge in [0.1, 0.15) is 0 Å². The van der Waals surface area contributed by atoms with Crippen molar-refractivity contribution in [1.82, 2.24) is 0 Å². The summed E-state index contributed by atoms with van der Waals surface area (Å²) in [6.07, 6.45) is 0. The van der Waals surface area contributed by atoms with Gasteiger partial charge in [-0.15, -0.1) is 11.3 Å². The van der Waals surface area contributed by atoms with Gasteiger partial charge in [0.2, 0.25) is 0 Å². The van der Waals surface area contributed by atoms with Crippen molar-refractivity contribution >= 4 is 33.9 Å². The topological polar surface area (TPSA) is 0 Å². The molecule has 0 saturated heterocycles. The molecular formula is C7H9IS. The minimum atomic E-state index is 0.660. The van der Waals surface area contributed by atoms with E-state index in [4.69, 9.17) is 0 Å².